The predicted molar refractivity (Wildman–Crippen MR) is 91.1 cm³/mol. The van der Waals surface area contributed by atoms with Gasteiger partial charge in [0, 0.05) is 16.4 Å². The number of nitrogens with zero attached hydrogens (tertiary/aromatic N) is 1. The van der Waals surface area contributed by atoms with Gasteiger partial charge in [-0.25, -0.2) is 4.79 Å². The van der Waals surface area contributed by atoms with Crippen molar-refractivity contribution in [3.05, 3.63) is 46.3 Å². The Balaban J connectivity index is 2.08. The number of halogens is 3. The Labute approximate surface area is 157 Å². The van der Waals surface area contributed by atoms with E-state index in [1.165, 1.54) is 0 Å². The summed E-state index contributed by atoms with van der Waals surface area (Å²) in [5.74, 6) is -1.13. The van der Waals surface area contributed by atoms with Crippen molar-refractivity contribution in [1.29, 1.82) is 0 Å². The average Bonchev–Trinajstić information content (AvgIpc) is 3.38. The zero-order valence-corrected chi connectivity index (χ0v) is 15.4. The van der Waals surface area contributed by atoms with E-state index in [2.05, 4.69) is 5.16 Å². The van der Waals surface area contributed by atoms with Crippen molar-refractivity contribution in [2.45, 2.75) is 36.8 Å². The molecule has 1 aliphatic carbocycles. The van der Waals surface area contributed by atoms with E-state index < -0.39 is 23.5 Å². The molecule has 1 heterocycles. The maximum atomic E-state index is 13.1. The van der Waals surface area contributed by atoms with Crippen molar-refractivity contribution in [3.8, 4) is 0 Å². The molecule has 144 valence electrons. The van der Waals surface area contributed by atoms with Gasteiger partial charge in [0.1, 0.15) is 5.56 Å². The molecule has 1 fully saturated rings. The molecular weight excluding hydrogens is 383 g/mol. The predicted octanol–water partition coefficient (Wildman–Crippen LogP) is 4.70. The standard InChI is InChI=1S/C18H16F3NO4S/c1-3-25-17(24)14-13(16(26-22-14)9-4-5-9)15(23)11-7-6-10(18(19,20)21)8-12(11)27-2/h6-9H,3-5H2,1-2H3. The van der Waals surface area contributed by atoms with Gasteiger partial charge in [-0.3, -0.25) is 4.79 Å². The lowest BCUT2D eigenvalue weighted by Gasteiger charge is -2.12. The average molecular weight is 399 g/mol. The Morgan fingerprint density at radius 1 is 1.33 bits per heavy atom. The van der Waals surface area contributed by atoms with Gasteiger partial charge in [-0.15, -0.1) is 11.8 Å². The van der Waals surface area contributed by atoms with Crippen LogP contribution in [0.25, 0.3) is 0 Å². The maximum Gasteiger partial charge on any atom is 0.416 e. The van der Waals surface area contributed by atoms with Crippen LogP contribution < -0.4 is 0 Å². The summed E-state index contributed by atoms with van der Waals surface area (Å²) >= 11 is 1.02. The lowest BCUT2D eigenvalue weighted by Crippen LogP contribution is -2.14. The van der Waals surface area contributed by atoms with Gasteiger partial charge in [-0.05, 0) is 44.2 Å². The van der Waals surface area contributed by atoms with Gasteiger partial charge in [-0.1, -0.05) is 5.16 Å². The first-order chi connectivity index (χ1) is 12.8. The van der Waals surface area contributed by atoms with Crippen molar-refractivity contribution in [1.82, 2.24) is 5.16 Å². The quantitative estimate of drug-likeness (QED) is 0.398. The highest BCUT2D eigenvalue weighted by Crippen LogP contribution is 2.43. The highest BCUT2D eigenvalue weighted by Gasteiger charge is 2.38. The lowest BCUT2D eigenvalue weighted by atomic mass is 9.98. The molecule has 0 unspecified atom stereocenters. The number of ketones is 1. The summed E-state index contributed by atoms with van der Waals surface area (Å²) in [7, 11) is 0. The van der Waals surface area contributed by atoms with Crippen molar-refractivity contribution in [3.63, 3.8) is 0 Å². The molecule has 0 saturated heterocycles. The molecule has 27 heavy (non-hydrogen) atoms. The Kier molecular flexibility index (Phi) is 5.32. The summed E-state index contributed by atoms with van der Waals surface area (Å²) < 4.78 is 49.0. The Hall–Kier alpha value is -2.29. The molecule has 0 N–H and O–H groups in total. The third kappa shape index (κ3) is 3.87. The number of ether oxygens (including phenoxy) is 1. The second-order valence-corrected chi connectivity index (χ2v) is 6.86. The van der Waals surface area contributed by atoms with Crippen molar-refractivity contribution >= 4 is 23.5 Å². The lowest BCUT2D eigenvalue weighted by molar-refractivity contribution is -0.137. The fraction of sp³-hybridized carbons (Fsp3) is 0.389. The molecule has 3 rings (SSSR count). The second kappa shape index (κ2) is 7.38. The number of aromatic nitrogens is 1. The molecular formula is C18H16F3NO4S. The number of carbonyl (C=O) groups excluding carboxylic acids is 2. The molecule has 0 atom stereocenters. The molecule has 0 aliphatic heterocycles. The van der Waals surface area contributed by atoms with Gasteiger partial charge in [0.25, 0.3) is 0 Å². The van der Waals surface area contributed by atoms with E-state index in [1.54, 1.807) is 13.2 Å². The van der Waals surface area contributed by atoms with Crippen LogP contribution in [0.15, 0.2) is 27.6 Å². The number of rotatable bonds is 6. The summed E-state index contributed by atoms with van der Waals surface area (Å²) in [5, 5.41) is 3.70. The summed E-state index contributed by atoms with van der Waals surface area (Å²) in [6, 6.07) is 2.89. The fourth-order valence-corrected chi connectivity index (χ4v) is 3.30. The highest BCUT2D eigenvalue weighted by atomic mass is 32.2. The van der Waals surface area contributed by atoms with Crippen molar-refractivity contribution in [2.75, 3.05) is 12.9 Å². The normalized spacial score (nSPS) is 14.3. The number of carbonyl (C=O) groups is 2. The molecule has 1 aliphatic rings. The van der Waals surface area contributed by atoms with E-state index in [9.17, 15) is 22.8 Å². The highest BCUT2D eigenvalue weighted by molar-refractivity contribution is 7.98. The monoisotopic (exact) mass is 399 g/mol. The van der Waals surface area contributed by atoms with Gasteiger partial charge in [-0.2, -0.15) is 13.2 Å². The maximum absolute atomic E-state index is 13.1. The summed E-state index contributed by atoms with van der Waals surface area (Å²) in [5.41, 5.74) is -1.05. The van der Waals surface area contributed by atoms with E-state index in [-0.39, 0.29) is 40.0 Å². The van der Waals surface area contributed by atoms with Crippen molar-refractivity contribution in [2.24, 2.45) is 0 Å². The van der Waals surface area contributed by atoms with Crippen LogP contribution in [0.3, 0.4) is 0 Å². The van der Waals surface area contributed by atoms with E-state index in [1.807, 2.05) is 0 Å². The summed E-state index contributed by atoms with van der Waals surface area (Å²) in [4.78, 5) is 25.4. The van der Waals surface area contributed by atoms with Crippen LogP contribution in [0.2, 0.25) is 0 Å². The molecule has 1 saturated carbocycles. The van der Waals surface area contributed by atoms with E-state index in [4.69, 9.17) is 9.26 Å². The molecule has 5 nitrogen and oxygen atoms in total. The first kappa shape index (κ1) is 19.5. The zero-order chi connectivity index (χ0) is 19.8. The Morgan fingerprint density at radius 2 is 2.04 bits per heavy atom. The zero-order valence-electron chi connectivity index (χ0n) is 14.6. The third-order valence-electron chi connectivity index (χ3n) is 4.14. The van der Waals surface area contributed by atoms with Crippen LogP contribution in [0.5, 0.6) is 0 Å². The van der Waals surface area contributed by atoms with Crippen LogP contribution in [-0.4, -0.2) is 29.8 Å². The van der Waals surface area contributed by atoms with Gasteiger partial charge in [0.15, 0.2) is 11.5 Å². The molecule has 0 spiro atoms. The number of hydrogen-bond acceptors (Lipinski definition) is 6. The summed E-state index contributed by atoms with van der Waals surface area (Å²) in [6.45, 7) is 1.71. The SMILES string of the molecule is CCOC(=O)c1noc(C2CC2)c1C(=O)c1ccc(C(F)(F)F)cc1SC. The molecule has 2 aromatic rings. The third-order valence-corrected chi connectivity index (χ3v) is 4.91. The molecule has 0 radical (unpaired) electrons. The van der Waals surface area contributed by atoms with E-state index in [0.717, 1.165) is 42.8 Å². The first-order valence-corrected chi connectivity index (χ1v) is 9.47. The van der Waals surface area contributed by atoms with Crippen LogP contribution in [-0.2, 0) is 10.9 Å². The molecule has 0 amide bonds. The topological polar surface area (TPSA) is 69.4 Å². The van der Waals surface area contributed by atoms with Gasteiger partial charge >= 0.3 is 12.1 Å². The molecule has 1 aromatic heterocycles. The van der Waals surface area contributed by atoms with E-state index in [0.29, 0.717) is 0 Å². The Bertz CT molecular complexity index is 887. The minimum Gasteiger partial charge on any atom is -0.461 e. The second-order valence-electron chi connectivity index (χ2n) is 6.01. The smallest absolute Gasteiger partial charge is 0.416 e. The van der Waals surface area contributed by atoms with Crippen LogP contribution in [0.4, 0.5) is 13.2 Å². The fourth-order valence-electron chi connectivity index (χ4n) is 2.68. The molecule has 0 bridgehead atoms. The largest absolute Gasteiger partial charge is 0.461 e. The van der Waals surface area contributed by atoms with Crippen LogP contribution >= 0.6 is 11.8 Å². The minimum absolute atomic E-state index is 0.0215. The number of esters is 1. The van der Waals surface area contributed by atoms with Gasteiger partial charge in [0.05, 0.1) is 12.2 Å². The van der Waals surface area contributed by atoms with Gasteiger partial charge < -0.3 is 9.26 Å². The Morgan fingerprint density at radius 3 is 2.59 bits per heavy atom. The number of alkyl halides is 3. The van der Waals surface area contributed by atoms with E-state index >= 15 is 0 Å². The number of thioether (sulfide) groups is 1. The minimum atomic E-state index is -4.52. The van der Waals surface area contributed by atoms with Crippen molar-refractivity contribution < 1.29 is 32.0 Å². The summed E-state index contributed by atoms with van der Waals surface area (Å²) in [6.07, 6.45) is -1.35. The molecule has 9 heteroatoms. The first-order valence-electron chi connectivity index (χ1n) is 8.24. The van der Waals surface area contributed by atoms with Crippen LogP contribution in [0, 0.1) is 0 Å². The van der Waals surface area contributed by atoms with Gasteiger partial charge in [0.2, 0.25) is 5.69 Å². The molecule has 1 aromatic carbocycles. The number of hydrogen-bond donors (Lipinski definition) is 0. The number of benzene rings is 1. The van der Waals surface area contributed by atoms with Crippen LogP contribution in [0.1, 0.15) is 63.4 Å².